The highest BCUT2D eigenvalue weighted by Crippen LogP contribution is 2.31. The van der Waals surface area contributed by atoms with E-state index in [2.05, 4.69) is 36.2 Å². The first-order valence-corrected chi connectivity index (χ1v) is 9.64. The molecule has 4 nitrogen and oxygen atoms in total. The molecule has 1 heterocycles. The van der Waals surface area contributed by atoms with Gasteiger partial charge in [-0.2, -0.15) is 0 Å². The molecule has 3 aromatic rings. The van der Waals surface area contributed by atoms with Crippen molar-refractivity contribution in [2.75, 3.05) is 19.5 Å². The van der Waals surface area contributed by atoms with Crippen LogP contribution in [0.1, 0.15) is 36.1 Å². The van der Waals surface area contributed by atoms with E-state index in [1.807, 2.05) is 29.6 Å². The summed E-state index contributed by atoms with van der Waals surface area (Å²) in [6.45, 7) is 2.85. The van der Waals surface area contributed by atoms with Crippen LogP contribution in [0, 0.1) is 0 Å². The van der Waals surface area contributed by atoms with Gasteiger partial charge in [-0.1, -0.05) is 31.2 Å². The van der Waals surface area contributed by atoms with Crippen molar-refractivity contribution in [3.8, 4) is 11.5 Å². The van der Waals surface area contributed by atoms with Crippen molar-refractivity contribution in [2.45, 2.75) is 25.7 Å². The van der Waals surface area contributed by atoms with Gasteiger partial charge in [0.2, 0.25) is 0 Å². The van der Waals surface area contributed by atoms with E-state index < -0.39 is 0 Å². The van der Waals surface area contributed by atoms with Crippen molar-refractivity contribution < 1.29 is 9.47 Å². The summed E-state index contributed by atoms with van der Waals surface area (Å²) in [5.41, 5.74) is 9.31. The standard InChI is InChI=1S/C21H24N2O2S/c1-3-12-25-18-8-4-15(5-9-18)13-19(20-14-26-21(22)23-20)16-6-10-17(24-2)11-7-16/h4-11,14,19H,3,12-13H2,1-2H3,(H2,22,23). The summed E-state index contributed by atoms with van der Waals surface area (Å²) in [5.74, 6) is 1.91. The van der Waals surface area contributed by atoms with Crippen LogP contribution in [0.25, 0.3) is 0 Å². The second-order valence-corrected chi connectivity index (χ2v) is 7.02. The van der Waals surface area contributed by atoms with Crippen LogP contribution in [0.3, 0.4) is 0 Å². The second kappa shape index (κ2) is 8.72. The number of anilines is 1. The van der Waals surface area contributed by atoms with Crippen molar-refractivity contribution in [2.24, 2.45) is 0 Å². The third-order valence-electron chi connectivity index (χ3n) is 4.25. The molecule has 1 atom stereocenters. The Morgan fingerprint density at radius 3 is 2.31 bits per heavy atom. The number of hydrogen-bond donors (Lipinski definition) is 1. The Kier molecular flexibility index (Phi) is 6.12. The number of nitrogen functional groups attached to an aromatic ring is 1. The van der Waals surface area contributed by atoms with Crippen LogP contribution >= 0.6 is 11.3 Å². The van der Waals surface area contributed by atoms with E-state index in [1.54, 1.807) is 7.11 Å². The molecule has 0 amide bonds. The summed E-state index contributed by atoms with van der Waals surface area (Å²) in [7, 11) is 1.68. The second-order valence-electron chi connectivity index (χ2n) is 6.13. The van der Waals surface area contributed by atoms with Gasteiger partial charge >= 0.3 is 0 Å². The molecule has 2 N–H and O–H groups in total. The highest BCUT2D eigenvalue weighted by molar-refractivity contribution is 7.13. The SMILES string of the molecule is CCCOc1ccc(CC(c2ccc(OC)cc2)c2csc(N)n2)cc1. The summed E-state index contributed by atoms with van der Waals surface area (Å²) in [5, 5.41) is 2.64. The van der Waals surface area contributed by atoms with Crippen molar-refractivity contribution in [1.82, 2.24) is 4.98 Å². The Hall–Kier alpha value is -2.53. The molecular formula is C21H24N2O2S. The van der Waals surface area contributed by atoms with Gasteiger partial charge in [0.25, 0.3) is 0 Å². The van der Waals surface area contributed by atoms with Gasteiger partial charge in [-0.05, 0) is 48.2 Å². The monoisotopic (exact) mass is 368 g/mol. The van der Waals surface area contributed by atoms with Gasteiger partial charge < -0.3 is 15.2 Å². The average Bonchev–Trinajstić information content (AvgIpc) is 3.11. The van der Waals surface area contributed by atoms with Gasteiger partial charge in [0.05, 0.1) is 19.4 Å². The number of benzene rings is 2. The number of hydrogen-bond acceptors (Lipinski definition) is 5. The van der Waals surface area contributed by atoms with Gasteiger partial charge in [-0.25, -0.2) is 4.98 Å². The molecule has 3 rings (SSSR count). The summed E-state index contributed by atoms with van der Waals surface area (Å²) in [6, 6.07) is 16.5. The van der Waals surface area contributed by atoms with Crippen LogP contribution < -0.4 is 15.2 Å². The molecule has 2 aromatic carbocycles. The van der Waals surface area contributed by atoms with Gasteiger partial charge in [-0.3, -0.25) is 0 Å². The van der Waals surface area contributed by atoms with Crippen molar-refractivity contribution in [1.29, 1.82) is 0 Å². The molecule has 0 aliphatic heterocycles. The summed E-state index contributed by atoms with van der Waals surface area (Å²) in [4.78, 5) is 4.52. The quantitative estimate of drug-likeness (QED) is 0.614. The minimum Gasteiger partial charge on any atom is -0.497 e. The molecule has 0 fully saturated rings. The number of methoxy groups -OCH3 is 1. The molecule has 0 aliphatic rings. The molecule has 0 saturated heterocycles. The van der Waals surface area contributed by atoms with Gasteiger partial charge in [-0.15, -0.1) is 11.3 Å². The maximum atomic E-state index is 5.87. The fraction of sp³-hybridized carbons (Fsp3) is 0.286. The van der Waals surface area contributed by atoms with Crippen LogP contribution in [0.2, 0.25) is 0 Å². The lowest BCUT2D eigenvalue weighted by atomic mass is 9.89. The maximum Gasteiger partial charge on any atom is 0.180 e. The predicted molar refractivity (Wildman–Crippen MR) is 107 cm³/mol. The number of rotatable bonds is 8. The third kappa shape index (κ3) is 4.55. The number of ether oxygens (including phenoxy) is 2. The number of thiazole rings is 1. The zero-order valence-electron chi connectivity index (χ0n) is 15.1. The van der Waals surface area contributed by atoms with E-state index in [-0.39, 0.29) is 5.92 Å². The zero-order valence-corrected chi connectivity index (χ0v) is 16.0. The largest absolute Gasteiger partial charge is 0.497 e. The van der Waals surface area contributed by atoms with Gasteiger partial charge in [0, 0.05) is 11.3 Å². The minimum absolute atomic E-state index is 0.150. The molecule has 0 spiro atoms. The van der Waals surface area contributed by atoms with E-state index in [0.717, 1.165) is 36.6 Å². The molecule has 1 aromatic heterocycles. The number of nitrogens with zero attached hydrogens (tertiary/aromatic N) is 1. The molecule has 5 heteroatoms. The first-order chi connectivity index (χ1) is 12.7. The lowest BCUT2D eigenvalue weighted by Crippen LogP contribution is -2.06. The predicted octanol–water partition coefficient (Wildman–Crippen LogP) is 4.90. The Balaban J connectivity index is 1.83. The Morgan fingerprint density at radius 2 is 1.73 bits per heavy atom. The van der Waals surface area contributed by atoms with Crippen LogP contribution in [-0.2, 0) is 6.42 Å². The van der Waals surface area contributed by atoms with Crippen molar-refractivity contribution in [3.05, 3.63) is 70.7 Å². The molecular weight excluding hydrogens is 344 g/mol. The highest BCUT2D eigenvalue weighted by atomic mass is 32.1. The normalized spacial score (nSPS) is 11.9. The van der Waals surface area contributed by atoms with Crippen LogP contribution in [0.5, 0.6) is 11.5 Å². The van der Waals surface area contributed by atoms with E-state index in [9.17, 15) is 0 Å². The fourth-order valence-corrected chi connectivity index (χ4v) is 3.48. The molecule has 0 bridgehead atoms. The van der Waals surface area contributed by atoms with E-state index >= 15 is 0 Å². The first kappa shape index (κ1) is 18.3. The highest BCUT2D eigenvalue weighted by Gasteiger charge is 2.18. The fourth-order valence-electron chi connectivity index (χ4n) is 2.87. The molecule has 1 unspecified atom stereocenters. The molecule has 26 heavy (non-hydrogen) atoms. The summed E-state index contributed by atoms with van der Waals surface area (Å²) >= 11 is 1.48. The maximum absolute atomic E-state index is 5.87. The van der Waals surface area contributed by atoms with Gasteiger partial charge in [0.1, 0.15) is 11.5 Å². The van der Waals surface area contributed by atoms with Crippen molar-refractivity contribution >= 4 is 16.5 Å². The van der Waals surface area contributed by atoms with Gasteiger partial charge in [0.15, 0.2) is 5.13 Å². The lowest BCUT2D eigenvalue weighted by Gasteiger charge is -2.16. The minimum atomic E-state index is 0.150. The number of nitrogens with two attached hydrogens (primary N) is 1. The summed E-state index contributed by atoms with van der Waals surface area (Å²) < 4.78 is 10.9. The van der Waals surface area contributed by atoms with Crippen LogP contribution in [0.4, 0.5) is 5.13 Å². The third-order valence-corrected chi connectivity index (χ3v) is 4.94. The molecule has 0 radical (unpaired) electrons. The van der Waals surface area contributed by atoms with Crippen LogP contribution in [0.15, 0.2) is 53.9 Å². The molecule has 0 aliphatic carbocycles. The topological polar surface area (TPSA) is 57.4 Å². The lowest BCUT2D eigenvalue weighted by molar-refractivity contribution is 0.317. The van der Waals surface area contributed by atoms with Crippen LogP contribution in [-0.4, -0.2) is 18.7 Å². The van der Waals surface area contributed by atoms with Crippen molar-refractivity contribution in [3.63, 3.8) is 0 Å². The Morgan fingerprint density at radius 1 is 1.04 bits per heavy atom. The number of aromatic nitrogens is 1. The van der Waals surface area contributed by atoms with E-state index in [1.165, 1.54) is 22.5 Å². The zero-order chi connectivity index (χ0) is 18.4. The Bertz CT molecular complexity index is 813. The first-order valence-electron chi connectivity index (χ1n) is 8.76. The smallest absolute Gasteiger partial charge is 0.180 e. The molecule has 136 valence electrons. The van der Waals surface area contributed by atoms with E-state index in [0.29, 0.717) is 5.13 Å². The molecule has 0 saturated carbocycles. The Labute approximate surface area is 158 Å². The average molecular weight is 369 g/mol. The summed E-state index contributed by atoms with van der Waals surface area (Å²) in [6.07, 6.45) is 1.86. The van der Waals surface area contributed by atoms with E-state index in [4.69, 9.17) is 15.2 Å².